The third-order valence-corrected chi connectivity index (χ3v) is 4.68. The topological polar surface area (TPSA) is 12.0 Å². The summed E-state index contributed by atoms with van der Waals surface area (Å²) in [6, 6.07) is 8.88. The van der Waals surface area contributed by atoms with Crippen LogP contribution in [-0.2, 0) is 6.54 Å². The van der Waals surface area contributed by atoms with E-state index in [1.165, 1.54) is 36.3 Å². The standard InChI is InChI=1S/C15H23NS/c1-12-4-3-5-14(12)11-16-10-13-6-8-15(17-2)9-7-13/h6-9,12,14,16H,3-5,10-11H2,1-2H3. The molecule has 0 saturated heterocycles. The maximum atomic E-state index is 3.60. The van der Waals surface area contributed by atoms with Gasteiger partial charge in [-0.15, -0.1) is 11.8 Å². The van der Waals surface area contributed by atoms with Crippen molar-refractivity contribution in [3.63, 3.8) is 0 Å². The Bertz CT molecular complexity index is 333. The van der Waals surface area contributed by atoms with Gasteiger partial charge in [-0.2, -0.15) is 0 Å². The molecule has 94 valence electrons. The Morgan fingerprint density at radius 3 is 2.59 bits per heavy atom. The van der Waals surface area contributed by atoms with Gasteiger partial charge in [0.05, 0.1) is 0 Å². The molecule has 2 atom stereocenters. The highest BCUT2D eigenvalue weighted by atomic mass is 32.2. The lowest BCUT2D eigenvalue weighted by atomic mass is 9.98. The van der Waals surface area contributed by atoms with Crippen molar-refractivity contribution >= 4 is 11.8 Å². The molecule has 0 aliphatic heterocycles. The first-order valence-corrected chi connectivity index (χ1v) is 7.85. The quantitative estimate of drug-likeness (QED) is 0.793. The van der Waals surface area contributed by atoms with Crippen LogP contribution in [0, 0.1) is 11.8 Å². The lowest BCUT2D eigenvalue weighted by Crippen LogP contribution is -2.23. The highest BCUT2D eigenvalue weighted by Gasteiger charge is 2.22. The van der Waals surface area contributed by atoms with E-state index >= 15 is 0 Å². The highest BCUT2D eigenvalue weighted by Crippen LogP contribution is 2.30. The van der Waals surface area contributed by atoms with E-state index in [9.17, 15) is 0 Å². The summed E-state index contributed by atoms with van der Waals surface area (Å²) in [6.45, 7) is 4.59. The normalized spacial score (nSPS) is 24.1. The summed E-state index contributed by atoms with van der Waals surface area (Å²) in [7, 11) is 0. The van der Waals surface area contributed by atoms with Crippen molar-refractivity contribution in [1.82, 2.24) is 5.32 Å². The Labute approximate surface area is 109 Å². The van der Waals surface area contributed by atoms with Crippen molar-refractivity contribution in [2.45, 2.75) is 37.6 Å². The largest absolute Gasteiger partial charge is 0.312 e. The molecule has 1 saturated carbocycles. The van der Waals surface area contributed by atoms with Gasteiger partial charge >= 0.3 is 0 Å². The molecule has 2 heteroatoms. The van der Waals surface area contributed by atoms with Crippen LogP contribution in [0.4, 0.5) is 0 Å². The molecule has 0 amide bonds. The van der Waals surface area contributed by atoms with Gasteiger partial charge in [-0.05, 0) is 48.8 Å². The first-order valence-electron chi connectivity index (χ1n) is 6.63. The van der Waals surface area contributed by atoms with Gasteiger partial charge in [-0.25, -0.2) is 0 Å². The number of benzene rings is 1. The number of nitrogens with one attached hydrogen (secondary N) is 1. The maximum Gasteiger partial charge on any atom is 0.0205 e. The number of hydrogen-bond donors (Lipinski definition) is 1. The summed E-state index contributed by atoms with van der Waals surface area (Å²) in [4.78, 5) is 1.35. The summed E-state index contributed by atoms with van der Waals surface area (Å²) >= 11 is 1.80. The SMILES string of the molecule is CSc1ccc(CNCC2CCCC2C)cc1. The van der Waals surface area contributed by atoms with Gasteiger partial charge in [0.2, 0.25) is 0 Å². The number of hydrogen-bond acceptors (Lipinski definition) is 2. The first-order chi connectivity index (χ1) is 8.29. The molecule has 0 spiro atoms. The van der Waals surface area contributed by atoms with E-state index in [4.69, 9.17) is 0 Å². The lowest BCUT2D eigenvalue weighted by Gasteiger charge is -2.16. The van der Waals surface area contributed by atoms with Crippen LogP contribution >= 0.6 is 11.8 Å². The fourth-order valence-corrected chi connectivity index (χ4v) is 3.08. The van der Waals surface area contributed by atoms with Crippen molar-refractivity contribution in [1.29, 1.82) is 0 Å². The molecule has 0 heterocycles. The maximum absolute atomic E-state index is 3.60. The van der Waals surface area contributed by atoms with Crippen LogP contribution in [0.2, 0.25) is 0 Å². The van der Waals surface area contributed by atoms with Crippen LogP contribution in [0.15, 0.2) is 29.2 Å². The fourth-order valence-electron chi connectivity index (χ4n) is 2.67. The molecule has 2 unspecified atom stereocenters. The second kappa shape index (κ2) is 6.46. The summed E-state index contributed by atoms with van der Waals surface area (Å²) < 4.78 is 0. The molecule has 1 fully saturated rings. The Kier molecular flexibility index (Phi) is 4.93. The molecular formula is C15H23NS. The molecule has 1 aromatic rings. The van der Waals surface area contributed by atoms with Gasteiger partial charge < -0.3 is 5.32 Å². The van der Waals surface area contributed by atoms with Gasteiger partial charge in [-0.3, -0.25) is 0 Å². The molecule has 1 N–H and O–H groups in total. The Hall–Kier alpha value is -0.470. The smallest absolute Gasteiger partial charge is 0.0205 e. The van der Waals surface area contributed by atoms with E-state index in [1.54, 1.807) is 11.8 Å². The average molecular weight is 249 g/mol. The van der Waals surface area contributed by atoms with Crippen LogP contribution in [0.1, 0.15) is 31.7 Å². The van der Waals surface area contributed by atoms with Crippen molar-refractivity contribution < 1.29 is 0 Å². The molecule has 1 nitrogen and oxygen atoms in total. The van der Waals surface area contributed by atoms with Gasteiger partial charge in [-0.1, -0.05) is 31.9 Å². The summed E-state index contributed by atoms with van der Waals surface area (Å²) in [5.41, 5.74) is 1.40. The Morgan fingerprint density at radius 1 is 1.24 bits per heavy atom. The highest BCUT2D eigenvalue weighted by molar-refractivity contribution is 7.98. The van der Waals surface area contributed by atoms with Crippen LogP contribution < -0.4 is 5.32 Å². The summed E-state index contributed by atoms with van der Waals surface area (Å²) in [6.07, 6.45) is 6.39. The van der Waals surface area contributed by atoms with Gasteiger partial charge in [0, 0.05) is 11.4 Å². The molecule has 0 aromatic heterocycles. The van der Waals surface area contributed by atoms with Crippen molar-refractivity contribution in [2.24, 2.45) is 11.8 Å². The second-order valence-electron chi connectivity index (χ2n) is 5.15. The molecule has 1 aromatic carbocycles. The van der Waals surface area contributed by atoms with Crippen LogP contribution in [0.25, 0.3) is 0 Å². The molecule has 1 aliphatic carbocycles. The van der Waals surface area contributed by atoms with E-state index in [-0.39, 0.29) is 0 Å². The van der Waals surface area contributed by atoms with Gasteiger partial charge in [0.25, 0.3) is 0 Å². The number of rotatable bonds is 5. The Morgan fingerprint density at radius 2 is 2.00 bits per heavy atom. The van der Waals surface area contributed by atoms with E-state index in [0.717, 1.165) is 18.4 Å². The minimum atomic E-state index is 0.903. The third kappa shape index (κ3) is 3.75. The third-order valence-electron chi connectivity index (χ3n) is 3.93. The summed E-state index contributed by atoms with van der Waals surface area (Å²) in [5, 5.41) is 3.60. The van der Waals surface area contributed by atoms with Crippen LogP contribution in [0.5, 0.6) is 0 Å². The van der Waals surface area contributed by atoms with E-state index in [2.05, 4.69) is 42.8 Å². The molecule has 17 heavy (non-hydrogen) atoms. The molecule has 0 bridgehead atoms. The predicted octanol–water partition coefficient (Wildman–Crippen LogP) is 3.93. The zero-order valence-electron chi connectivity index (χ0n) is 10.9. The first kappa shape index (κ1) is 13.0. The molecular weight excluding hydrogens is 226 g/mol. The van der Waals surface area contributed by atoms with Crippen molar-refractivity contribution in [3.05, 3.63) is 29.8 Å². The summed E-state index contributed by atoms with van der Waals surface area (Å²) in [5.74, 6) is 1.82. The van der Waals surface area contributed by atoms with E-state index in [1.807, 2.05) is 0 Å². The fraction of sp³-hybridized carbons (Fsp3) is 0.600. The minimum absolute atomic E-state index is 0.903. The van der Waals surface area contributed by atoms with Crippen LogP contribution in [0.3, 0.4) is 0 Å². The zero-order valence-corrected chi connectivity index (χ0v) is 11.7. The average Bonchev–Trinajstić information content (AvgIpc) is 2.76. The van der Waals surface area contributed by atoms with Crippen LogP contribution in [-0.4, -0.2) is 12.8 Å². The number of thioether (sulfide) groups is 1. The molecule has 1 aliphatic rings. The zero-order chi connectivity index (χ0) is 12.1. The predicted molar refractivity (Wildman–Crippen MR) is 76.4 cm³/mol. The second-order valence-corrected chi connectivity index (χ2v) is 6.03. The van der Waals surface area contributed by atoms with Gasteiger partial charge in [0.15, 0.2) is 0 Å². The lowest BCUT2D eigenvalue weighted by molar-refractivity contribution is 0.392. The van der Waals surface area contributed by atoms with Crippen molar-refractivity contribution in [3.8, 4) is 0 Å². The monoisotopic (exact) mass is 249 g/mol. The molecule has 0 radical (unpaired) electrons. The van der Waals surface area contributed by atoms with Crippen molar-refractivity contribution in [2.75, 3.05) is 12.8 Å². The van der Waals surface area contributed by atoms with E-state index < -0.39 is 0 Å². The van der Waals surface area contributed by atoms with E-state index in [0.29, 0.717) is 0 Å². The molecule has 2 rings (SSSR count). The van der Waals surface area contributed by atoms with Gasteiger partial charge in [0.1, 0.15) is 0 Å². The Balaban J connectivity index is 1.73. The minimum Gasteiger partial charge on any atom is -0.312 e.